The Kier molecular flexibility index (Phi) is 8.35. The van der Waals surface area contributed by atoms with Gasteiger partial charge in [-0.1, -0.05) is 47.0 Å². The van der Waals surface area contributed by atoms with E-state index >= 15 is 0 Å². The van der Waals surface area contributed by atoms with Gasteiger partial charge in [-0.15, -0.1) is 0 Å². The smallest absolute Gasteiger partial charge is 0.261 e. The lowest BCUT2D eigenvalue weighted by molar-refractivity contribution is -0.142. The molecule has 6 heteroatoms. The predicted octanol–water partition coefficient (Wildman–Crippen LogP) is 5.23. The number of hydrogen-bond acceptors (Lipinski definition) is 3. The van der Waals surface area contributed by atoms with Gasteiger partial charge < -0.3 is 15.0 Å². The Balaban J connectivity index is 1.74. The number of rotatable bonds is 8. The fourth-order valence-electron chi connectivity index (χ4n) is 4.13. The summed E-state index contributed by atoms with van der Waals surface area (Å²) in [6, 6.07) is 11.5. The lowest BCUT2D eigenvalue weighted by Gasteiger charge is -2.30. The highest BCUT2D eigenvalue weighted by atomic mass is 79.9. The van der Waals surface area contributed by atoms with Crippen LogP contribution in [0.5, 0.6) is 5.75 Å². The second kappa shape index (κ2) is 11.0. The zero-order valence-electron chi connectivity index (χ0n) is 19.4. The summed E-state index contributed by atoms with van der Waals surface area (Å²) in [6.45, 7) is 8.07. The maximum absolute atomic E-state index is 13.3. The highest BCUT2D eigenvalue weighted by Crippen LogP contribution is 2.24. The van der Waals surface area contributed by atoms with E-state index in [9.17, 15) is 9.59 Å². The topological polar surface area (TPSA) is 58.6 Å². The van der Waals surface area contributed by atoms with Crippen LogP contribution in [0.1, 0.15) is 54.9 Å². The first-order valence-electron chi connectivity index (χ1n) is 11.3. The van der Waals surface area contributed by atoms with Crippen molar-refractivity contribution in [3.05, 3.63) is 63.1 Å². The molecule has 5 nitrogen and oxygen atoms in total. The minimum Gasteiger partial charge on any atom is -0.483 e. The van der Waals surface area contributed by atoms with Crippen molar-refractivity contribution < 1.29 is 14.3 Å². The molecule has 0 bridgehead atoms. The van der Waals surface area contributed by atoms with Crippen molar-refractivity contribution in [2.45, 2.75) is 72.0 Å². The molecule has 0 aromatic heterocycles. The van der Waals surface area contributed by atoms with Gasteiger partial charge in [0, 0.05) is 17.1 Å². The van der Waals surface area contributed by atoms with E-state index in [0.717, 1.165) is 52.4 Å². The van der Waals surface area contributed by atoms with Gasteiger partial charge in [0.25, 0.3) is 5.91 Å². The fraction of sp³-hybridized carbons (Fsp3) is 0.462. The largest absolute Gasteiger partial charge is 0.483 e. The third kappa shape index (κ3) is 6.35. The van der Waals surface area contributed by atoms with E-state index in [-0.39, 0.29) is 24.5 Å². The molecular weight excluding hydrogens is 468 g/mol. The number of hydrogen-bond donors (Lipinski definition) is 1. The molecule has 172 valence electrons. The number of carbonyl (C=O) groups excluding carboxylic acids is 2. The first-order chi connectivity index (χ1) is 15.2. The highest BCUT2D eigenvalue weighted by molar-refractivity contribution is 9.10. The first kappa shape index (κ1) is 24.3. The van der Waals surface area contributed by atoms with Crippen LogP contribution in [0.2, 0.25) is 0 Å². The standard InChI is InChI=1S/C26H33BrN2O3/c1-17-13-18(2)19(3)24(14-17)32-16-25(30)29(15-21-9-11-22(27)12-10-21)20(4)26(31)28-23-7-5-6-8-23/h9-14,20,23H,5-8,15-16H2,1-4H3,(H,28,31)/t20-/m0/s1. The van der Waals surface area contributed by atoms with Crippen LogP contribution in [-0.4, -0.2) is 35.4 Å². The number of carbonyl (C=O) groups is 2. The van der Waals surface area contributed by atoms with E-state index in [1.54, 1.807) is 11.8 Å². The van der Waals surface area contributed by atoms with Crippen molar-refractivity contribution in [1.29, 1.82) is 0 Å². The number of benzene rings is 2. The molecule has 0 heterocycles. The Morgan fingerprint density at radius 1 is 1.12 bits per heavy atom. The van der Waals surface area contributed by atoms with Gasteiger partial charge in [0.05, 0.1) is 0 Å². The SMILES string of the molecule is Cc1cc(C)c(C)c(OCC(=O)N(Cc2ccc(Br)cc2)[C@@H](C)C(=O)NC2CCCC2)c1. The summed E-state index contributed by atoms with van der Waals surface area (Å²) in [4.78, 5) is 27.8. The summed E-state index contributed by atoms with van der Waals surface area (Å²) in [5, 5.41) is 3.13. The molecule has 2 aromatic rings. The van der Waals surface area contributed by atoms with Gasteiger partial charge in [0.2, 0.25) is 5.91 Å². The molecule has 0 radical (unpaired) electrons. The van der Waals surface area contributed by atoms with E-state index < -0.39 is 6.04 Å². The van der Waals surface area contributed by atoms with Gasteiger partial charge in [-0.3, -0.25) is 9.59 Å². The lowest BCUT2D eigenvalue weighted by Crippen LogP contribution is -2.50. The van der Waals surface area contributed by atoms with Crippen LogP contribution in [0.4, 0.5) is 0 Å². The van der Waals surface area contributed by atoms with Gasteiger partial charge in [0.1, 0.15) is 11.8 Å². The van der Waals surface area contributed by atoms with Gasteiger partial charge in [0.15, 0.2) is 6.61 Å². The first-order valence-corrected chi connectivity index (χ1v) is 12.1. The number of amides is 2. The number of nitrogens with one attached hydrogen (secondary N) is 1. The summed E-state index contributed by atoms with van der Waals surface area (Å²) < 4.78 is 6.90. The molecule has 3 rings (SSSR count). The summed E-state index contributed by atoms with van der Waals surface area (Å²) in [7, 11) is 0. The second-order valence-corrected chi connectivity index (χ2v) is 9.72. The molecule has 2 aromatic carbocycles. The quantitative estimate of drug-likeness (QED) is 0.539. The zero-order chi connectivity index (χ0) is 23.3. The monoisotopic (exact) mass is 500 g/mol. The highest BCUT2D eigenvalue weighted by Gasteiger charge is 2.28. The Hall–Kier alpha value is -2.34. The Morgan fingerprint density at radius 2 is 1.78 bits per heavy atom. The molecule has 2 amide bonds. The minimum absolute atomic E-state index is 0.107. The maximum Gasteiger partial charge on any atom is 0.261 e. The fourth-order valence-corrected chi connectivity index (χ4v) is 4.40. The molecular formula is C26H33BrN2O3. The molecule has 1 N–H and O–H groups in total. The molecule has 32 heavy (non-hydrogen) atoms. The maximum atomic E-state index is 13.3. The third-order valence-electron chi connectivity index (χ3n) is 6.25. The molecule has 1 saturated carbocycles. The van der Waals surface area contributed by atoms with Crippen molar-refractivity contribution in [1.82, 2.24) is 10.2 Å². The van der Waals surface area contributed by atoms with E-state index in [2.05, 4.69) is 27.3 Å². The zero-order valence-corrected chi connectivity index (χ0v) is 21.0. The molecule has 0 spiro atoms. The van der Waals surface area contributed by atoms with Crippen LogP contribution in [-0.2, 0) is 16.1 Å². The van der Waals surface area contributed by atoms with Gasteiger partial charge in [-0.25, -0.2) is 0 Å². The number of halogens is 1. The minimum atomic E-state index is -0.587. The summed E-state index contributed by atoms with van der Waals surface area (Å²) in [6.07, 6.45) is 4.30. The molecule has 0 aliphatic heterocycles. The van der Waals surface area contributed by atoms with E-state index in [1.165, 1.54) is 0 Å². The molecule has 1 fully saturated rings. The van der Waals surface area contributed by atoms with Crippen molar-refractivity contribution in [3.63, 3.8) is 0 Å². The average Bonchev–Trinajstić information content (AvgIpc) is 3.27. The number of aryl methyl sites for hydroxylation is 2. The number of ether oxygens (including phenoxy) is 1. The van der Waals surface area contributed by atoms with Crippen LogP contribution in [0.15, 0.2) is 40.9 Å². The molecule has 0 saturated heterocycles. The van der Waals surface area contributed by atoms with Crippen LogP contribution < -0.4 is 10.1 Å². The summed E-state index contributed by atoms with van der Waals surface area (Å²) in [5.74, 6) is 0.396. The van der Waals surface area contributed by atoms with Crippen LogP contribution in [0.3, 0.4) is 0 Å². The molecule has 0 unspecified atom stereocenters. The van der Waals surface area contributed by atoms with Gasteiger partial charge >= 0.3 is 0 Å². The number of nitrogens with zero attached hydrogens (tertiary/aromatic N) is 1. The Labute approximate surface area is 199 Å². The van der Waals surface area contributed by atoms with E-state index in [1.807, 2.05) is 51.1 Å². The van der Waals surface area contributed by atoms with Crippen LogP contribution in [0.25, 0.3) is 0 Å². The Morgan fingerprint density at radius 3 is 2.44 bits per heavy atom. The predicted molar refractivity (Wildman–Crippen MR) is 131 cm³/mol. The molecule has 1 atom stereocenters. The summed E-state index contributed by atoms with van der Waals surface area (Å²) in [5.41, 5.74) is 4.20. The van der Waals surface area contributed by atoms with Gasteiger partial charge in [-0.2, -0.15) is 0 Å². The van der Waals surface area contributed by atoms with Crippen molar-refractivity contribution in [3.8, 4) is 5.75 Å². The van der Waals surface area contributed by atoms with Crippen molar-refractivity contribution >= 4 is 27.7 Å². The summed E-state index contributed by atoms with van der Waals surface area (Å²) >= 11 is 3.45. The van der Waals surface area contributed by atoms with Crippen molar-refractivity contribution in [2.24, 2.45) is 0 Å². The van der Waals surface area contributed by atoms with Crippen molar-refractivity contribution in [2.75, 3.05) is 6.61 Å². The van der Waals surface area contributed by atoms with E-state index in [4.69, 9.17) is 4.74 Å². The van der Waals surface area contributed by atoms with E-state index in [0.29, 0.717) is 12.3 Å². The average molecular weight is 501 g/mol. The lowest BCUT2D eigenvalue weighted by atomic mass is 10.1. The van der Waals surface area contributed by atoms with Crippen LogP contribution >= 0.6 is 15.9 Å². The van der Waals surface area contributed by atoms with Gasteiger partial charge in [-0.05, 0) is 81.0 Å². The Bertz CT molecular complexity index is 952. The normalized spacial score (nSPS) is 14.8. The second-order valence-electron chi connectivity index (χ2n) is 8.81. The third-order valence-corrected chi connectivity index (χ3v) is 6.78. The molecule has 1 aliphatic rings. The molecule has 1 aliphatic carbocycles. The van der Waals surface area contributed by atoms with Crippen LogP contribution in [0, 0.1) is 20.8 Å².